The molecule has 0 aliphatic rings. The van der Waals surface area contributed by atoms with Crippen LogP contribution in [-0.2, 0) is 16.5 Å². The number of halogens is 3. The Labute approximate surface area is 97.0 Å². The Hall–Kier alpha value is -1.08. The van der Waals surface area contributed by atoms with Gasteiger partial charge >= 0.3 is 0 Å². The first-order valence-electron chi connectivity index (χ1n) is 4.74. The van der Waals surface area contributed by atoms with Crippen LogP contribution >= 0.6 is 0 Å². The van der Waals surface area contributed by atoms with Gasteiger partial charge in [-0.25, -0.2) is 13.2 Å². The van der Waals surface area contributed by atoms with Gasteiger partial charge in [-0.3, -0.25) is 4.55 Å². The van der Waals surface area contributed by atoms with Crippen LogP contribution in [0.4, 0.5) is 13.2 Å². The van der Waals surface area contributed by atoms with Crippen LogP contribution in [0.25, 0.3) is 0 Å². The molecule has 0 fully saturated rings. The highest BCUT2D eigenvalue weighted by atomic mass is 32.2. The van der Waals surface area contributed by atoms with Gasteiger partial charge in [-0.1, -0.05) is 6.07 Å². The smallest absolute Gasteiger partial charge is 0.267 e. The van der Waals surface area contributed by atoms with E-state index in [4.69, 9.17) is 4.55 Å². The van der Waals surface area contributed by atoms with Crippen LogP contribution in [0.5, 0.6) is 0 Å². The second kappa shape index (κ2) is 5.05. The van der Waals surface area contributed by atoms with Crippen molar-refractivity contribution in [3.63, 3.8) is 0 Å². The molecule has 7 heteroatoms. The highest BCUT2D eigenvalue weighted by Crippen LogP contribution is 2.22. The third-order valence-electron chi connectivity index (χ3n) is 2.34. The van der Waals surface area contributed by atoms with Crippen molar-refractivity contribution in [1.29, 1.82) is 0 Å². The molecule has 1 atom stereocenters. The predicted molar refractivity (Wildman–Crippen MR) is 56.1 cm³/mol. The standard InChI is InChI=1S/C10H11F3O3S/c1-6(17(14,15)16)4-8-5-7(10(12)13)2-3-9(8)11/h2-3,5-6,10H,4H2,1H3,(H,14,15,16)/t6-/m1/s1. The Morgan fingerprint density at radius 1 is 1.35 bits per heavy atom. The summed E-state index contributed by atoms with van der Waals surface area (Å²) >= 11 is 0. The minimum absolute atomic E-state index is 0.159. The van der Waals surface area contributed by atoms with Crippen LogP contribution in [0.15, 0.2) is 18.2 Å². The first kappa shape index (κ1) is 14.0. The lowest BCUT2D eigenvalue weighted by atomic mass is 10.1. The summed E-state index contributed by atoms with van der Waals surface area (Å²) in [6.45, 7) is 1.17. The molecule has 1 rings (SSSR count). The van der Waals surface area contributed by atoms with Crippen molar-refractivity contribution in [2.24, 2.45) is 0 Å². The van der Waals surface area contributed by atoms with Gasteiger partial charge in [-0.2, -0.15) is 8.42 Å². The maximum absolute atomic E-state index is 13.3. The second-order valence-electron chi connectivity index (χ2n) is 3.68. The number of hydrogen-bond acceptors (Lipinski definition) is 2. The summed E-state index contributed by atoms with van der Waals surface area (Å²) in [5, 5.41) is -1.25. The molecule has 0 spiro atoms. The van der Waals surface area contributed by atoms with Crippen LogP contribution in [0.3, 0.4) is 0 Å². The van der Waals surface area contributed by atoms with E-state index in [1.807, 2.05) is 0 Å². The number of rotatable bonds is 4. The van der Waals surface area contributed by atoms with Crippen molar-refractivity contribution in [1.82, 2.24) is 0 Å². The lowest BCUT2D eigenvalue weighted by Gasteiger charge is -2.10. The van der Waals surface area contributed by atoms with E-state index in [2.05, 4.69) is 0 Å². The maximum Gasteiger partial charge on any atom is 0.267 e. The SMILES string of the molecule is C[C@H](Cc1cc(C(F)F)ccc1F)S(=O)(=O)O. The van der Waals surface area contributed by atoms with Crippen molar-refractivity contribution in [2.75, 3.05) is 0 Å². The van der Waals surface area contributed by atoms with Crippen LogP contribution in [0.2, 0.25) is 0 Å². The molecule has 1 N–H and O–H groups in total. The summed E-state index contributed by atoms with van der Waals surface area (Å²) in [5.74, 6) is -0.773. The van der Waals surface area contributed by atoms with Crippen molar-refractivity contribution in [3.05, 3.63) is 35.1 Å². The summed E-state index contributed by atoms with van der Waals surface area (Å²) < 4.78 is 68.2. The normalized spacial score (nSPS) is 14.0. The van der Waals surface area contributed by atoms with E-state index in [0.717, 1.165) is 18.2 Å². The molecule has 0 saturated heterocycles. The molecular formula is C10H11F3O3S. The molecule has 0 aliphatic heterocycles. The van der Waals surface area contributed by atoms with Crippen LogP contribution in [0, 0.1) is 5.82 Å². The molecule has 3 nitrogen and oxygen atoms in total. The van der Waals surface area contributed by atoms with Crippen LogP contribution in [-0.4, -0.2) is 18.2 Å². The minimum atomic E-state index is -4.31. The number of hydrogen-bond donors (Lipinski definition) is 1. The van der Waals surface area contributed by atoms with Gasteiger partial charge in [0.15, 0.2) is 0 Å². The summed E-state index contributed by atoms with van der Waals surface area (Å²) in [5.41, 5.74) is -0.545. The zero-order valence-electron chi connectivity index (χ0n) is 8.90. The van der Waals surface area contributed by atoms with Gasteiger partial charge < -0.3 is 0 Å². The molecule has 0 radical (unpaired) electrons. The molecule has 0 amide bonds. The third-order valence-corrected chi connectivity index (χ3v) is 3.52. The first-order valence-corrected chi connectivity index (χ1v) is 6.25. The molecule has 17 heavy (non-hydrogen) atoms. The first-order chi connectivity index (χ1) is 7.71. The molecule has 0 heterocycles. The van der Waals surface area contributed by atoms with E-state index in [-0.39, 0.29) is 17.5 Å². The predicted octanol–water partition coefficient (Wildman–Crippen LogP) is 2.58. The lowest BCUT2D eigenvalue weighted by molar-refractivity contribution is 0.151. The average molecular weight is 268 g/mol. The highest BCUT2D eigenvalue weighted by Gasteiger charge is 2.20. The van der Waals surface area contributed by atoms with Crippen LogP contribution in [0.1, 0.15) is 24.5 Å². The summed E-state index contributed by atoms with van der Waals surface area (Å²) in [6, 6.07) is 2.69. The zero-order valence-corrected chi connectivity index (χ0v) is 9.72. The van der Waals surface area contributed by atoms with E-state index >= 15 is 0 Å². The van der Waals surface area contributed by atoms with Gasteiger partial charge in [-0.05, 0) is 31.0 Å². The summed E-state index contributed by atoms with van der Waals surface area (Å²) in [6.07, 6.45) is -3.11. The quantitative estimate of drug-likeness (QED) is 0.854. The van der Waals surface area contributed by atoms with Gasteiger partial charge in [0.25, 0.3) is 16.5 Å². The third kappa shape index (κ3) is 3.71. The highest BCUT2D eigenvalue weighted by molar-refractivity contribution is 7.86. The van der Waals surface area contributed by atoms with Crippen molar-refractivity contribution < 1.29 is 26.1 Å². The molecule has 1 aromatic carbocycles. The molecule has 0 bridgehead atoms. The van der Waals surface area contributed by atoms with Crippen molar-refractivity contribution in [2.45, 2.75) is 25.0 Å². The van der Waals surface area contributed by atoms with Gasteiger partial charge in [0.05, 0.1) is 5.25 Å². The van der Waals surface area contributed by atoms with Gasteiger partial charge in [-0.15, -0.1) is 0 Å². The van der Waals surface area contributed by atoms with E-state index in [0.29, 0.717) is 0 Å². The fourth-order valence-electron chi connectivity index (χ4n) is 1.30. The number of benzene rings is 1. The number of alkyl halides is 2. The Morgan fingerprint density at radius 3 is 2.41 bits per heavy atom. The Morgan fingerprint density at radius 2 is 1.94 bits per heavy atom. The lowest BCUT2D eigenvalue weighted by Crippen LogP contribution is -2.19. The Balaban J connectivity index is 3.02. The summed E-state index contributed by atoms with van der Waals surface area (Å²) in [4.78, 5) is 0. The van der Waals surface area contributed by atoms with Gasteiger partial charge in [0.2, 0.25) is 0 Å². The fraction of sp³-hybridized carbons (Fsp3) is 0.400. The van der Waals surface area contributed by atoms with Crippen molar-refractivity contribution >= 4 is 10.1 Å². The van der Waals surface area contributed by atoms with E-state index in [9.17, 15) is 21.6 Å². The maximum atomic E-state index is 13.3. The largest absolute Gasteiger partial charge is 0.285 e. The van der Waals surface area contributed by atoms with E-state index < -0.39 is 27.6 Å². The van der Waals surface area contributed by atoms with Gasteiger partial charge in [0.1, 0.15) is 5.82 Å². The summed E-state index contributed by atoms with van der Waals surface area (Å²) in [7, 11) is -4.31. The van der Waals surface area contributed by atoms with Gasteiger partial charge in [0, 0.05) is 5.56 Å². The monoisotopic (exact) mass is 268 g/mol. The van der Waals surface area contributed by atoms with E-state index in [1.165, 1.54) is 6.92 Å². The van der Waals surface area contributed by atoms with Crippen molar-refractivity contribution in [3.8, 4) is 0 Å². The van der Waals surface area contributed by atoms with Crippen LogP contribution < -0.4 is 0 Å². The molecule has 0 aliphatic carbocycles. The molecule has 96 valence electrons. The molecule has 0 aromatic heterocycles. The molecule has 0 saturated carbocycles. The average Bonchev–Trinajstić information content (AvgIpc) is 2.19. The zero-order chi connectivity index (χ0) is 13.2. The molecular weight excluding hydrogens is 257 g/mol. The fourth-order valence-corrected chi connectivity index (χ4v) is 1.69. The van der Waals surface area contributed by atoms with E-state index in [1.54, 1.807) is 0 Å². The minimum Gasteiger partial charge on any atom is -0.285 e. The Bertz CT molecular complexity index is 500. The molecule has 0 unspecified atom stereocenters. The Kier molecular flexibility index (Phi) is 4.16. The topological polar surface area (TPSA) is 54.4 Å². The second-order valence-corrected chi connectivity index (χ2v) is 5.52. The molecule has 1 aromatic rings.